The molecule has 3 N–H and O–H groups in total. The minimum absolute atomic E-state index is 0.0204. The van der Waals surface area contributed by atoms with Gasteiger partial charge in [0.1, 0.15) is 11.6 Å². The van der Waals surface area contributed by atoms with E-state index >= 15 is 0 Å². The lowest BCUT2D eigenvalue weighted by molar-refractivity contribution is -0.135. The van der Waals surface area contributed by atoms with E-state index in [1.54, 1.807) is 30.5 Å². The van der Waals surface area contributed by atoms with Crippen molar-refractivity contribution in [3.63, 3.8) is 0 Å². The first-order valence-electron chi connectivity index (χ1n) is 14.4. The van der Waals surface area contributed by atoms with Gasteiger partial charge in [0.05, 0.1) is 29.6 Å². The van der Waals surface area contributed by atoms with Crippen molar-refractivity contribution in [3.05, 3.63) is 63.2 Å². The van der Waals surface area contributed by atoms with E-state index in [0.717, 1.165) is 12.8 Å². The van der Waals surface area contributed by atoms with Crippen LogP contribution in [-0.2, 0) is 14.3 Å². The Kier molecular flexibility index (Phi) is 9.71. The first-order valence-corrected chi connectivity index (χ1v) is 15.6. The van der Waals surface area contributed by atoms with Crippen molar-refractivity contribution < 1.29 is 23.5 Å². The van der Waals surface area contributed by atoms with Gasteiger partial charge in [0.2, 0.25) is 11.8 Å². The Balaban J connectivity index is 1.46. The van der Waals surface area contributed by atoms with Crippen molar-refractivity contribution in [2.24, 2.45) is 5.92 Å². The van der Waals surface area contributed by atoms with Gasteiger partial charge in [0, 0.05) is 46.4 Å². The summed E-state index contributed by atoms with van der Waals surface area (Å²) in [7, 11) is 1.28. The Hall–Kier alpha value is -3.44. The van der Waals surface area contributed by atoms with Crippen LogP contribution >= 0.6 is 27.5 Å². The fourth-order valence-electron chi connectivity index (χ4n) is 5.50. The molecule has 12 heteroatoms. The second-order valence-corrected chi connectivity index (χ2v) is 12.4. The van der Waals surface area contributed by atoms with Gasteiger partial charge < -0.3 is 19.9 Å². The standard InChI is InChI=1S/C31H34BrClFN5O4/c1-17(27-21(32)11-12-22(33)28(27)34)13-14-39(30(41)18-7-8-18)25-5-3-4-6-26(40)37-23-15-19(36-31(42)43-2)9-10-20(23)24-16-35-29(25)38-24/h9-12,15-18,25H,3-8,13-14H2,1-2H3,(H,35,38)(H,36,42)(H,37,40). The highest BCUT2D eigenvalue weighted by atomic mass is 79.9. The number of carbonyl (C=O) groups excluding carboxylic acids is 3. The molecule has 1 fully saturated rings. The van der Waals surface area contributed by atoms with Crippen LogP contribution < -0.4 is 10.6 Å². The molecule has 3 amide bonds. The van der Waals surface area contributed by atoms with Crippen LogP contribution in [0.4, 0.5) is 20.6 Å². The molecule has 2 unspecified atom stereocenters. The molecule has 43 heavy (non-hydrogen) atoms. The predicted octanol–water partition coefficient (Wildman–Crippen LogP) is 7.80. The van der Waals surface area contributed by atoms with E-state index in [4.69, 9.17) is 21.3 Å². The van der Waals surface area contributed by atoms with Crippen LogP contribution in [0, 0.1) is 11.7 Å². The van der Waals surface area contributed by atoms with E-state index in [1.807, 2.05) is 11.8 Å². The van der Waals surface area contributed by atoms with E-state index in [1.165, 1.54) is 13.2 Å². The molecule has 0 radical (unpaired) electrons. The Morgan fingerprint density at radius 3 is 2.77 bits per heavy atom. The molecule has 1 aromatic heterocycles. The number of imidazole rings is 1. The lowest BCUT2D eigenvalue weighted by Crippen LogP contribution is -2.38. The van der Waals surface area contributed by atoms with Gasteiger partial charge >= 0.3 is 6.09 Å². The Bertz CT molecular complexity index is 1530. The van der Waals surface area contributed by atoms with Crippen molar-refractivity contribution in [1.29, 1.82) is 0 Å². The summed E-state index contributed by atoms with van der Waals surface area (Å²) in [6, 6.07) is 8.07. The number of ether oxygens (including phenoxy) is 1. The number of H-pyrrole nitrogens is 1. The number of hydrogen-bond donors (Lipinski definition) is 3. The van der Waals surface area contributed by atoms with E-state index < -0.39 is 11.9 Å². The number of methoxy groups -OCH3 is 1. The number of fused-ring (bicyclic) bond motifs is 4. The average molecular weight is 675 g/mol. The molecule has 2 aliphatic rings. The van der Waals surface area contributed by atoms with Gasteiger partial charge in [-0.2, -0.15) is 0 Å². The number of aromatic nitrogens is 2. The monoisotopic (exact) mass is 673 g/mol. The summed E-state index contributed by atoms with van der Waals surface area (Å²) in [6.45, 7) is 2.35. The fourth-order valence-corrected chi connectivity index (χ4v) is 6.36. The van der Waals surface area contributed by atoms with E-state index in [0.29, 0.717) is 77.1 Å². The number of halogens is 3. The largest absolute Gasteiger partial charge is 0.453 e. The number of aromatic amines is 1. The molecule has 0 saturated heterocycles. The molecule has 2 bridgehead atoms. The number of amides is 3. The number of rotatable bonds is 7. The summed E-state index contributed by atoms with van der Waals surface area (Å²) in [6.07, 6.45) is 5.61. The molecule has 1 saturated carbocycles. The molecular formula is C31H34BrClFN5O4. The minimum atomic E-state index is -0.621. The summed E-state index contributed by atoms with van der Waals surface area (Å²) in [5.41, 5.74) is 2.72. The van der Waals surface area contributed by atoms with Gasteiger partial charge in [-0.1, -0.05) is 40.9 Å². The topological polar surface area (TPSA) is 116 Å². The maximum absolute atomic E-state index is 15.0. The van der Waals surface area contributed by atoms with Crippen LogP contribution in [0.3, 0.4) is 0 Å². The second-order valence-electron chi connectivity index (χ2n) is 11.1. The van der Waals surface area contributed by atoms with Gasteiger partial charge in [0.15, 0.2) is 0 Å². The highest BCUT2D eigenvalue weighted by molar-refractivity contribution is 9.10. The summed E-state index contributed by atoms with van der Waals surface area (Å²) in [5.74, 6) is -0.103. The Morgan fingerprint density at radius 1 is 1.23 bits per heavy atom. The Morgan fingerprint density at radius 2 is 2.02 bits per heavy atom. The third kappa shape index (κ3) is 7.21. The average Bonchev–Trinajstić information content (AvgIpc) is 3.72. The van der Waals surface area contributed by atoms with Crippen LogP contribution in [0.5, 0.6) is 0 Å². The zero-order valence-electron chi connectivity index (χ0n) is 24.0. The van der Waals surface area contributed by atoms with Gasteiger partial charge in [-0.25, -0.2) is 14.2 Å². The quantitative estimate of drug-likeness (QED) is 0.221. The van der Waals surface area contributed by atoms with Crippen molar-refractivity contribution in [2.75, 3.05) is 24.3 Å². The third-order valence-electron chi connectivity index (χ3n) is 8.01. The normalized spacial score (nSPS) is 17.5. The maximum Gasteiger partial charge on any atom is 0.411 e. The molecule has 0 spiro atoms. The molecular weight excluding hydrogens is 641 g/mol. The van der Waals surface area contributed by atoms with Crippen LogP contribution in [-0.4, -0.2) is 46.4 Å². The summed E-state index contributed by atoms with van der Waals surface area (Å²) < 4.78 is 20.3. The molecule has 5 rings (SSSR count). The summed E-state index contributed by atoms with van der Waals surface area (Å²) in [5, 5.41) is 5.64. The van der Waals surface area contributed by atoms with E-state index in [9.17, 15) is 18.8 Å². The summed E-state index contributed by atoms with van der Waals surface area (Å²) in [4.78, 5) is 48.4. The van der Waals surface area contributed by atoms with Gasteiger partial charge in [-0.3, -0.25) is 14.9 Å². The number of carbonyl (C=O) groups is 3. The lowest BCUT2D eigenvalue weighted by Gasteiger charge is -2.32. The third-order valence-corrected chi connectivity index (χ3v) is 8.99. The number of hydrogen-bond acceptors (Lipinski definition) is 5. The van der Waals surface area contributed by atoms with Crippen LogP contribution in [0.1, 0.15) is 75.2 Å². The number of nitrogens with zero attached hydrogens (tertiary/aromatic N) is 2. The number of nitrogens with one attached hydrogen (secondary N) is 3. The number of benzene rings is 2. The highest BCUT2D eigenvalue weighted by Gasteiger charge is 2.38. The molecule has 3 aromatic rings. The van der Waals surface area contributed by atoms with Crippen LogP contribution in [0.2, 0.25) is 5.02 Å². The predicted molar refractivity (Wildman–Crippen MR) is 166 cm³/mol. The zero-order valence-corrected chi connectivity index (χ0v) is 26.4. The number of anilines is 2. The van der Waals surface area contributed by atoms with Gasteiger partial charge in [-0.15, -0.1) is 0 Å². The molecule has 2 atom stereocenters. The fraction of sp³-hybridized carbons (Fsp3) is 0.419. The van der Waals surface area contributed by atoms with Crippen molar-refractivity contribution in [1.82, 2.24) is 14.9 Å². The summed E-state index contributed by atoms with van der Waals surface area (Å²) >= 11 is 9.55. The first kappa shape index (κ1) is 31.0. The molecule has 9 nitrogen and oxygen atoms in total. The maximum atomic E-state index is 15.0. The Labute approximate surface area is 263 Å². The SMILES string of the molecule is COC(=O)Nc1ccc2c(c1)NC(=O)CCCCC(N(CCC(C)c1c(Br)ccc(Cl)c1F)C(=O)C1CC1)c1nc-2c[nH]1. The molecule has 1 aliphatic heterocycles. The second kappa shape index (κ2) is 13.5. The van der Waals surface area contributed by atoms with Gasteiger partial charge in [-0.05, 0) is 68.4 Å². The molecule has 2 aromatic carbocycles. The molecule has 228 valence electrons. The van der Waals surface area contributed by atoms with Crippen molar-refractivity contribution in [3.8, 4) is 11.3 Å². The van der Waals surface area contributed by atoms with E-state index in [2.05, 4.69) is 31.5 Å². The van der Waals surface area contributed by atoms with Crippen LogP contribution in [0.25, 0.3) is 11.3 Å². The first-order chi connectivity index (χ1) is 20.7. The smallest absolute Gasteiger partial charge is 0.411 e. The minimum Gasteiger partial charge on any atom is -0.453 e. The van der Waals surface area contributed by atoms with E-state index in [-0.39, 0.29) is 34.7 Å². The highest BCUT2D eigenvalue weighted by Crippen LogP contribution is 2.39. The van der Waals surface area contributed by atoms with Crippen molar-refractivity contribution in [2.45, 2.75) is 63.8 Å². The van der Waals surface area contributed by atoms with Crippen molar-refractivity contribution >= 4 is 56.8 Å². The molecule has 1 aliphatic carbocycles. The zero-order chi connectivity index (χ0) is 30.7. The lowest BCUT2D eigenvalue weighted by atomic mass is 9.96. The molecule has 2 heterocycles. The van der Waals surface area contributed by atoms with Gasteiger partial charge in [0.25, 0.3) is 0 Å². The van der Waals surface area contributed by atoms with Crippen LogP contribution in [0.15, 0.2) is 41.0 Å².